The molecule has 0 amide bonds. The smallest absolute Gasteiger partial charge is 0.0755 e. The molecule has 3 unspecified atom stereocenters. The summed E-state index contributed by atoms with van der Waals surface area (Å²) in [7, 11) is 0. The minimum absolute atomic E-state index is 0.132. The highest BCUT2D eigenvalue weighted by Crippen LogP contribution is 2.27. The van der Waals surface area contributed by atoms with Crippen molar-refractivity contribution in [3.63, 3.8) is 0 Å². The lowest BCUT2D eigenvalue weighted by Crippen LogP contribution is -2.39. The van der Waals surface area contributed by atoms with E-state index in [1.807, 2.05) is 0 Å². The highest BCUT2D eigenvalue weighted by Gasteiger charge is 2.29. The average molecular weight is 290 g/mol. The van der Waals surface area contributed by atoms with Crippen molar-refractivity contribution in [2.45, 2.75) is 31.9 Å². The van der Waals surface area contributed by atoms with Crippen LogP contribution in [-0.2, 0) is 11.2 Å². The molecule has 1 aliphatic rings. The summed E-state index contributed by atoms with van der Waals surface area (Å²) in [5, 5.41) is 0. The third-order valence-corrected chi connectivity index (χ3v) is 4.58. The predicted molar refractivity (Wildman–Crippen MR) is 67.2 cm³/mol. The maximum absolute atomic E-state index is 6.18. The molecule has 2 N–H and O–H groups in total. The topological polar surface area (TPSA) is 35.2 Å². The van der Waals surface area contributed by atoms with E-state index < -0.39 is 0 Å². The molecule has 1 aromatic heterocycles. The molecule has 84 valence electrons. The fourth-order valence-electron chi connectivity index (χ4n) is 2.07. The van der Waals surface area contributed by atoms with Gasteiger partial charge in [0, 0.05) is 17.5 Å². The van der Waals surface area contributed by atoms with Gasteiger partial charge in [0.2, 0.25) is 0 Å². The molecule has 0 saturated carbocycles. The Bertz CT molecular complexity index is 328. The van der Waals surface area contributed by atoms with Gasteiger partial charge in [0.15, 0.2) is 0 Å². The molecule has 4 heteroatoms. The van der Waals surface area contributed by atoms with Crippen LogP contribution in [0.2, 0.25) is 0 Å². The first-order chi connectivity index (χ1) is 7.16. The zero-order valence-electron chi connectivity index (χ0n) is 8.78. The Hall–Kier alpha value is 0.1000. The van der Waals surface area contributed by atoms with E-state index in [-0.39, 0.29) is 12.1 Å². The van der Waals surface area contributed by atoms with Crippen molar-refractivity contribution in [1.29, 1.82) is 0 Å². The van der Waals surface area contributed by atoms with Crippen LogP contribution in [0.1, 0.15) is 18.2 Å². The normalized spacial score (nSPS) is 28.2. The lowest BCUT2D eigenvalue weighted by molar-refractivity contribution is 0.0728. The van der Waals surface area contributed by atoms with Gasteiger partial charge in [-0.25, -0.2) is 0 Å². The van der Waals surface area contributed by atoms with E-state index in [4.69, 9.17) is 10.5 Å². The Morgan fingerprint density at radius 2 is 2.47 bits per heavy atom. The third-order valence-electron chi connectivity index (χ3n) is 2.93. The molecule has 0 aromatic carbocycles. The Kier molecular flexibility index (Phi) is 3.83. The second kappa shape index (κ2) is 4.95. The summed E-state index contributed by atoms with van der Waals surface area (Å²) in [6.07, 6.45) is 2.31. The van der Waals surface area contributed by atoms with E-state index in [1.54, 1.807) is 11.3 Å². The summed E-state index contributed by atoms with van der Waals surface area (Å²) in [4.78, 5) is 1.33. The first kappa shape index (κ1) is 11.6. The van der Waals surface area contributed by atoms with E-state index >= 15 is 0 Å². The van der Waals surface area contributed by atoms with Crippen molar-refractivity contribution < 1.29 is 4.74 Å². The molecule has 2 heterocycles. The first-order valence-corrected chi connectivity index (χ1v) is 6.89. The molecule has 0 radical (unpaired) electrons. The largest absolute Gasteiger partial charge is 0.376 e. The van der Waals surface area contributed by atoms with Crippen LogP contribution in [-0.4, -0.2) is 18.8 Å². The van der Waals surface area contributed by atoms with Gasteiger partial charge in [0.05, 0.1) is 9.89 Å². The summed E-state index contributed by atoms with van der Waals surface area (Å²) in [5.74, 6) is 0.600. The van der Waals surface area contributed by atoms with Gasteiger partial charge in [-0.2, -0.15) is 0 Å². The van der Waals surface area contributed by atoms with Gasteiger partial charge in [-0.3, -0.25) is 0 Å². The van der Waals surface area contributed by atoms with E-state index in [0.29, 0.717) is 5.92 Å². The monoisotopic (exact) mass is 289 g/mol. The van der Waals surface area contributed by atoms with Gasteiger partial charge in [-0.05, 0) is 46.8 Å². The third kappa shape index (κ3) is 2.81. The van der Waals surface area contributed by atoms with Gasteiger partial charge in [-0.15, -0.1) is 11.3 Å². The number of hydrogen-bond donors (Lipinski definition) is 1. The zero-order valence-corrected chi connectivity index (χ0v) is 11.2. The molecule has 0 bridgehead atoms. The Balaban J connectivity index is 1.94. The van der Waals surface area contributed by atoms with Gasteiger partial charge in [0.1, 0.15) is 0 Å². The molecule has 0 spiro atoms. The van der Waals surface area contributed by atoms with Crippen molar-refractivity contribution in [2.75, 3.05) is 6.61 Å². The maximum atomic E-state index is 6.18. The van der Waals surface area contributed by atoms with Crippen molar-refractivity contribution in [2.24, 2.45) is 11.7 Å². The fraction of sp³-hybridized carbons (Fsp3) is 0.636. The molecule has 1 aromatic rings. The number of hydrogen-bond acceptors (Lipinski definition) is 3. The molecule has 0 aliphatic carbocycles. The molecule has 3 atom stereocenters. The lowest BCUT2D eigenvalue weighted by atomic mass is 9.96. The summed E-state index contributed by atoms with van der Waals surface area (Å²) in [6, 6.07) is 4.34. The van der Waals surface area contributed by atoms with E-state index in [9.17, 15) is 0 Å². The summed E-state index contributed by atoms with van der Waals surface area (Å²) < 4.78 is 6.85. The molecule has 15 heavy (non-hydrogen) atoms. The van der Waals surface area contributed by atoms with E-state index in [0.717, 1.165) is 19.4 Å². The van der Waals surface area contributed by atoms with Crippen LogP contribution in [0.25, 0.3) is 0 Å². The fourth-order valence-corrected chi connectivity index (χ4v) is 3.63. The second-order valence-electron chi connectivity index (χ2n) is 4.18. The van der Waals surface area contributed by atoms with Crippen molar-refractivity contribution in [1.82, 2.24) is 0 Å². The number of nitrogens with two attached hydrogens (primary N) is 1. The molecule has 2 nitrogen and oxygen atoms in total. The molecule has 1 aliphatic heterocycles. The number of thiophene rings is 1. The molecule has 1 fully saturated rings. The Labute approximate surface area is 103 Å². The number of ether oxygens (including phenoxy) is 1. The van der Waals surface area contributed by atoms with Crippen molar-refractivity contribution >= 4 is 27.3 Å². The SMILES string of the molecule is CC1CCOC1C(N)Cc1ccc(Br)s1. The van der Waals surface area contributed by atoms with Gasteiger partial charge in [-0.1, -0.05) is 6.92 Å². The highest BCUT2D eigenvalue weighted by atomic mass is 79.9. The van der Waals surface area contributed by atoms with Crippen LogP contribution in [0.15, 0.2) is 15.9 Å². The Morgan fingerprint density at radius 3 is 3.00 bits per heavy atom. The van der Waals surface area contributed by atoms with Crippen LogP contribution >= 0.6 is 27.3 Å². The average Bonchev–Trinajstić information content (AvgIpc) is 2.75. The van der Waals surface area contributed by atoms with Crippen LogP contribution in [0.5, 0.6) is 0 Å². The van der Waals surface area contributed by atoms with Crippen molar-refractivity contribution in [3.8, 4) is 0 Å². The van der Waals surface area contributed by atoms with Gasteiger partial charge >= 0.3 is 0 Å². The summed E-state index contributed by atoms with van der Waals surface area (Å²) >= 11 is 5.22. The standard InChI is InChI=1S/C11H16BrNOS/c1-7-4-5-14-11(7)9(13)6-8-2-3-10(12)15-8/h2-3,7,9,11H,4-6,13H2,1H3. The minimum atomic E-state index is 0.132. The quantitative estimate of drug-likeness (QED) is 0.929. The zero-order chi connectivity index (χ0) is 10.8. The number of halogens is 1. The van der Waals surface area contributed by atoms with Crippen LogP contribution in [0.4, 0.5) is 0 Å². The Morgan fingerprint density at radius 1 is 1.67 bits per heavy atom. The van der Waals surface area contributed by atoms with Crippen LogP contribution < -0.4 is 5.73 Å². The summed E-state index contributed by atoms with van der Waals surface area (Å²) in [5.41, 5.74) is 6.18. The molecule has 1 saturated heterocycles. The van der Waals surface area contributed by atoms with E-state index in [1.165, 1.54) is 8.66 Å². The minimum Gasteiger partial charge on any atom is -0.376 e. The van der Waals surface area contributed by atoms with Gasteiger partial charge in [0.25, 0.3) is 0 Å². The highest BCUT2D eigenvalue weighted by molar-refractivity contribution is 9.11. The molecular weight excluding hydrogens is 274 g/mol. The molecule has 2 rings (SSSR count). The van der Waals surface area contributed by atoms with Crippen LogP contribution in [0.3, 0.4) is 0 Å². The van der Waals surface area contributed by atoms with Crippen LogP contribution in [0, 0.1) is 5.92 Å². The van der Waals surface area contributed by atoms with E-state index in [2.05, 4.69) is 35.0 Å². The molecular formula is C11H16BrNOS. The van der Waals surface area contributed by atoms with Gasteiger partial charge < -0.3 is 10.5 Å². The lowest BCUT2D eigenvalue weighted by Gasteiger charge is -2.21. The predicted octanol–water partition coefficient (Wildman–Crippen LogP) is 2.81. The summed E-state index contributed by atoms with van der Waals surface area (Å²) in [6.45, 7) is 3.09. The van der Waals surface area contributed by atoms with Crippen molar-refractivity contribution in [3.05, 3.63) is 20.8 Å². The number of rotatable bonds is 3. The first-order valence-electron chi connectivity index (χ1n) is 5.28. The maximum Gasteiger partial charge on any atom is 0.0755 e. The second-order valence-corrected chi connectivity index (χ2v) is 6.72.